The van der Waals surface area contributed by atoms with E-state index in [-0.39, 0.29) is 5.69 Å². The van der Waals surface area contributed by atoms with Crippen molar-refractivity contribution in [3.8, 4) is 0 Å². The van der Waals surface area contributed by atoms with Gasteiger partial charge >= 0.3 is 0 Å². The lowest BCUT2D eigenvalue weighted by Gasteiger charge is -1.91. The van der Waals surface area contributed by atoms with Gasteiger partial charge in [0.2, 0.25) is 0 Å². The average Bonchev–Trinajstić information content (AvgIpc) is 2.05. The van der Waals surface area contributed by atoms with Crippen LogP contribution in [0.5, 0.6) is 0 Å². The Kier molecular flexibility index (Phi) is 2.01. The smallest absolute Gasteiger partial charge is 0.258 e. The van der Waals surface area contributed by atoms with E-state index in [0.717, 1.165) is 0 Å². The Morgan fingerprint density at radius 2 is 2.27 bits per heavy atom. The van der Waals surface area contributed by atoms with Crippen LogP contribution in [-0.4, -0.2) is 4.92 Å². The molecule has 1 aromatic carbocycles. The van der Waals surface area contributed by atoms with Crippen molar-refractivity contribution >= 4 is 11.8 Å². The zero-order valence-corrected chi connectivity index (χ0v) is 5.73. The van der Waals surface area contributed by atoms with E-state index in [1.165, 1.54) is 18.2 Å². The lowest BCUT2D eigenvalue weighted by atomic mass is 10.2. The van der Waals surface area contributed by atoms with E-state index in [1.54, 1.807) is 12.1 Å². The number of rotatable bonds is 2. The third-order valence-electron chi connectivity index (χ3n) is 1.27. The quantitative estimate of drug-likeness (QED) is 0.475. The third-order valence-corrected chi connectivity index (χ3v) is 1.27. The fourth-order valence-electron chi connectivity index (χ4n) is 0.742. The molecule has 0 saturated heterocycles. The molecule has 1 rings (SSSR count). The Labute approximate surface area is 64.1 Å². The Balaban J connectivity index is 3.10. The average molecular weight is 148 g/mol. The molecule has 0 amide bonds. The van der Waals surface area contributed by atoms with Gasteiger partial charge in [-0.1, -0.05) is 24.8 Å². The van der Waals surface area contributed by atoms with E-state index in [9.17, 15) is 10.1 Å². The van der Waals surface area contributed by atoms with Crippen molar-refractivity contribution in [2.45, 2.75) is 0 Å². The molecule has 0 aliphatic heterocycles. The van der Waals surface area contributed by atoms with Gasteiger partial charge in [-0.3, -0.25) is 10.1 Å². The van der Waals surface area contributed by atoms with Crippen molar-refractivity contribution < 1.29 is 4.92 Å². The Morgan fingerprint density at radius 1 is 1.55 bits per heavy atom. The van der Waals surface area contributed by atoms with Crippen LogP contribution in [0, 0.1) is 16.7 Å². The van der Waals surface area contributed by atoms with E-state index in [1.807, 2.05) is 0 Å². The number of nitro benzene ring substituents is 1. The van der Waals surface area contributed by atoms with E-state index >= 15 is 0 Å². The molecule has 0 unspecified atom stereocenters. The molecule has 0 saturated carbocycles. The summed E-state index contributed by atoms with van der Waals surface area (Å²) in [5, 5.41) is 10.2. The highest BCUT2D eigenvalue weighted by Crippen LogP contribution is 2.13. The number of hydrogen-bond donors (Lipinski definition) is 0. The molecule has 0 spiro atoms. The minimum absolute atomic E-state index is 0.0594. The van der Waals surface area contributed by atoms with Crippen LogP contribution < -0.4 is 0 Å². The van der Waals surface area contributed by atoms with Crippen molar-refractivity contribution in [2.75, 3.05) is 0 Å². The van der Waals surface area contributed by atoms with Gasteiger partial charge in [-0.05, 0) is 5.56 Å². The van der Waals surface area contributed by atoms with Gasteiger partial charge in [-0.2, -0.15) is 0 Å². The number of nitro groups is 1. The predicted octanol–water partition coefficient (Wildman–Crippen LogP) is 2.04. The van der Waals surface area contributed by atoms with Crippen molar-refractivity contribution in [3.63, 3.8) is 0 Å². The first-order valence-electron chi connectivity index (χ1n) is 3.03. The monoisotopic (exact) mass is 148 g/mol. The lowest BCUT2D eigenvalue weighted by Crippen LogP contribution is -1.86. The van der Waals surface area contributed by atoms with Gasteiger partial charge in [-0.25, -0.2) is 0 Å². The van der Waals surface area contributed by atoms with E-state index < -0.39 is 4.92 Å². The van der Waals surface area contributed by atoms with Gasteiger partial charge in [0.15, 0.2) is 0 Å². The Hall–Kier alpha value is -1.64. The normalized spacial score (nSPS) is 9.09. The molecular weight excluding hydrogens is 142 g/mol. The second-order valence-electron chi connectivity index (χ2n) is 2.02. The summed E-state index contributed by atoms with van der Waals surface area (Å²) in [6, 6.07) is 6.14. The summed E-state index contributed by atoms with van der Waals surface area (Å²) in [5.41, 5.74) is 0.711. The summed E-state index contributed by atoms with van der Waals surface area (Å²) < 4.78 is 0. The summed E-state index contributed by atoms with van der Waals surface area (Å²) >= 11 is 0. The van der Waals surface area contributed by atoms with Crippen LogP contribution >= 0.6 is 0 Å². The van der Waals surface area contributed by atoms with Crippen LogP contribution in [0.4, 0.5) is 5.69 Å². The maximum absolute atomic E-state index is 10.2. The molecule has 3 heteroatoms. The standard InChI is InChI=1S/C8H6NO2/c1-2-7-4-3-5-8(6-7)9(10)11/h1-6H. The molecule has 0 atom stereocenters. The molecule has 0 fully saturated rings. The first kappa shape index (κ1) is 7.47. The summed E-state index contributed by atoms with van der Waals surface area (Å²) in [6.07, 6.45) is 1.33. The van der Waals surface area contributed by atoms with Crippen molar-refractivity contribution in [3.05, 3.63) is 46.5 Å². The maximum Gasteiger partial charge on any atom is 0.270 e. The van der Waals surface area contributed by atoms with Crippen LogP contribution in [-0.2, 0) is 0 Å². The van der Waals surface area contributed by atoms with Gasteiger partial charge in [-0.15, -0.1) is 0 Å². The molecule has 3 nitrogen and oxygen atoms in total. The van der Waals surface area contributed by atoms with Crippen molar-refractivity contribution in [1.29, 1.82) is 0 Å². The fraction of sp³-hybridized carbons (Fsp3) is 0. The first-order chi connectivity index (χ1) is 5.24. The fourth-order valence-corrected chi connectivity index (χ4v) is 0.742. The summed E-state index contributed by atoms with van der Waals surface area (Å²) in [5.74, 6) is 0. The molecular formula is C8H6NO2. The molecule has 0 aliphatic carbocycles. The van der Waals surface area contributed by atoms with Gasteiger partial charge in [0.25, 0.3) is 5.69 Å². The number of hydrogen-bond acceptors (Lipinski definition) is 2. The molecule has 1 aromatic rings. The van der Waals surface area contributed by atoms with Crippen molar-refractivity contribution in [1.82, 2.24) is 0 Å². The minimum Gasteiger partial charge on any atom is -0.258 e. The second kappa shape index (κ2) is 2.96. The number of benzene rings is 1. The van der Waals surface area contributed by atoms with Gasteiger partial charge in [0.1, 0.15) is 0 Å². The molecule has 0 bridgehead atoms. The summed E-state index contributed by atoms with van der Waals surface area (Å²) in [6.45, 7) is 5.17. The van der Waals surface area contributed by atoms with E-state index in [2.05, 4.69) is 0 Å². The zero-order chi connectivity index (χ0) is 8.27. The second-order valence-corrected chi connectivity index (χ2v) is 2.02. The topological polar surface area (TPSA) is 43.1 Å². The Bertz CT molecular complexity index is 294. The SMILES string of the molecule is [CH]=Cc1cccc([N+](=O)[O-])c1. The maximum atomic E-state index is 10.2. The molecule has 0 aliphatic rings. The highest BCUT2D eigenvalue weighted by Gasteiger charge is 2.02. The van der Waals surface area contributed by atoms with Crippen LogP contribution in [0.25, 0.3) is 6.08 Å². The zero-order valence-electron chi connectivity index (χ0n) is 5.73. The molecule has 11 heavy (non-hydrogen) atoms. The molecule has 55 valence electrons. The number of non-ortho nitro benzene ring substituents is 1. The van der Waals surface area contributed by atoms with Crippen LogP contribution in [0.15, 0.2) is 24.3 Å². The van der Waals surface area contributed by atoms with Gasteiger partial charge < -0.3 is 0 Å². The molecule has 0 aromatic heterocycles. The third kappa shape index (κ3) is 1.64. The van der Waals surface area contributed by atoms with Gasteiger partial charge in [0, 0.05) is 12.1 Å². The van der Waals surface area contributed by atoms with Crippen LogP contribution in [0.1, 0.15) is 5.56 Å². The Morgan fingerprint density at radius 3 is 2.82 bits per heavy atom. The lowest BCUT2D eigenvalue weighted by molar-refractivity contribution is -0.384. The highest BCUT2D eigenvalue weighted by atomic mass is 16.6. The predicted molar refractivity (Wildman–Crippen MR) is 41.9 cm³/mol. The largest absolute Gasteiger partial charge is 0.270 e. The molecule has 1 radical (unpaired) electrons. The minimum atomic E-state index is -0.451. The van der Waals surface area contributed by atoms with Gasteiger partial charge in [0.05, 0.1) is 4.92 Å². The van der Waals surface area contributed by atoms with Crippen LogP contribution in [0.2, 0.25) is 0 Å². The van der Waals surface area contributed by atoms with E-state index in [4.69, 9.17) is 6.58 Å². The van der Waals surface area contributed by atoms with Crippen molar-refractivity contribution in [2.24, 2.45) is 0 Å². The molecule has 0 N–H and O–H groups in total. The first-order valence-corrected chi connectivity index (χ1v) is 3.03. The summed E-state index contributed by atoms with van der Waals surface area (Å²) in [7, 11) is 0. The van der Waals surface area contributed by atoms with Crippen LogP contribution in [0.3, 0.4) is 0 Å². The molecule has 0 heterocycles. The number of nitrogens with zero attached hydrogens (tertiary/aromatic N) is 1. The highest BCUT2D eigenvalue weighted by molar-refractivity contribution is 5.50. The summed E-state index contributed by atoms with van der Waals surface area (Å²) in [4.78, 5) is 9.77. The van der Waals surface area contributed by atoms with E-state index in [0.29, 0.717) is 5.56 Å².